The predicted molar refractivity (Wildman–Crippen MR) is 97.4 cm³/mol. The lowest BCUT2D eigenvalue weighted by atomic mass is 10.0. The molecule has 2 N–H and O–H groups in total. The summed E-state index contributed by atoms with van der Waals surface area (Å²) in [5.41, 5.74) is 1.04. The van der Waals surface area contributed by atoms with Gasteiger partial charge in [0.25, 0.3) is 0 Å². The minimum absolute atomic E-state index is 0.120. The van der Waals surface area contributed by atoms with E-state index in [0.717, 1.165) is 23.8 Å². The molecule has 2 aromatic rings. The number of benzene rings is 2. The van der Waals surface area contributed by atoms with Crippen LogP contribution in [-0.4, -0.2) is 41.0 Å². The van der Waals surface area contributed by atoms with Crippen molar-refractivity contribution in [3.8, 4) is 0 Å². The first-order valence-electron chi connectivity index (χ1n) is 8.79. The van der Waals surface area contributed by atoms with Crippen molar-refractivity contribution in [3.63, 3.8) is 0 Å². The van der Waals surface area contributed by atoms with E-state index < -0.39 is 12.0 Å². The van der Waals surface area contributed by atoms with Crippen LogP contribution >= 0.6 is 0 Å². The smallest absolute Gasteiger partial charge is 0.320 e. The highest BCUT2D eigenvalue weighted by Crippen LogP contribution is 2.21. The molecule has 1 fully saturated rings. The van der Waals surface area contributed by atoms with Gasteiger partial charge in [-0.15, -0.1) is 0 Å². The van der Waals surface area contributed by atoms with Crippen molar-refractivity contribution in [2.24, 2.45) is 0 Å². The summed E-state index contributed by atoms with van der Waals surface area (Å²) in [6.45, 7) is 2.75. The van der Waals surface area contributed by atoms with Gasteiger partial charge in [0.15, 0.2) is 0 Å². The first kappa shape index (κ1) is 17.4. The molecule has 1 heterocycles. The average Bonchev–Trinajstić information content (AvgIpc) is 2.61. The fourth-order valence-corrected chi connectivity index (χ4v) is 3.49. The SMILES string of the molecule is CC(NC(=O)CN1CCCCC1C(=O)O)c1ccc2ccccc2c1. The Hall–Kier alpha value is -2.40. The van der Waals surface area contributed by atoms with Gasteiger partial charge >= 0.3 is 5.97 Å². The van der Waals surface area contributed by atoms with Crippen LogP contribution < -0.4 is 5.32 Å². The number of nitrogens with one attached hydrogen (secondary N) is 1. The summed E-state index contributed by atoms with van der Waals surface area (Å²) in [4.78, 5) is 25.5. The van der Waals surface area contributed by atoms with Gasteiger partial charge in [0.1, 0.15) is 6.04 Å². The number of nitrogens with zero attached hydrogens (tertiary/aromatic N) is 1. The Morgan fingerprint density at radius 2 is 1.96 bits per heavy atom. The molecule has 0 aromatic heterocycles. The average molecular weight is 340 g/mol. The molecule has 1 amide bonds. The minimum Gasteiger partial charge on any atom is -0.480 e. The van der Waals surface area contributed by atoms with Crippen LogP contribution in [0.15, 0.2) is 42.5 Å². The number of carboxylic acids is 1. The first-order chi connectivity index (χ1) is 12.0. The summed E-state index contributed by atoms with van der Waals surface area (Å²) >= 11 is 0. The predicted octanol–water partition coefficient (Wildman–Crippen LogP) is 2.96. The second-order valence-electron chi connectivity index (χ2n) is 6.72. The van der Waals surface area contributed by atoms with Gasteiger partial charge in [0.05, 0.1) is 12.6 Å². The molecule has 3 rings (SSSR count). The first-order valence-corrected chi connectivity index (χ1v) is 8.79. The molecule has 0 saturated carbocycles. The summed E-state index contributed by atoms with van der Waals surface area (Å²) in [6.07, 6.45) is 2.46. The van der Waals surface area contributed by atoms with E-state index in [1.165, 1.54) is 5.39 Å². The number of amides is 1. The second-order valence-corrected chi connectivity index (χ2v) is 6.72. The number of likely N-dealkylation sites (tertiary alicyclic amines) is 1. The Bertz CT molecular complexity index is 774. The number of carbonyl (C=O) groups excluding carboxylic acids is 1. The van der Waals surface area contributed by atoms with Gasteiger partial charge in [0.2, 0.25) is 5.91 Å². The van der Waals surface area contributed by atoms with Crippen molar-refractivity contribution in [2.45, 2.75) is 38.3 Å². The van der Waals surface area contributed by atoms with E-state index in [9.17, 15) is 14.7 Å². The molecule has 0 radical (unpaired) electrons. The maximum Gasteiger partial charge on any atom is 0.320 e. The maximum atomic E-state index is 12.4. The van der Waals surface area contributed by atoms with Gasteiger partial charge in [-0.25, -0.2) is 0 Å². The van der Waals surface area contributed by atoms with Crippen molar-refractivity contribution >= 4 is 22.6 Å². The zero-order chi connectivity index (χ0) is 17.8. The third-order valence-corrected chi connectivity index (χ3v) is 4.90. The molecule has 2 unspecified atom stereocenters. The lowest BCUT2D eigenvalue weighted by Gasteiger charge is -2.32. The van der Waals surface area contributed by atoms with Crippen molar-refractivity contribution in [2.75, 3.05) is 13.1 Å². The number of rotatable bonds is 5. The molecule has 2 aromatic carbocycles. The van der Waals surface area contributed by atoms with Crippen LogP contribution in [-0.2, 0) is 9.59 Å². The normalized spacial score (nSPS) is 19.5. The van der Waals surface area contributed by atoms with Gasteiger partial charge in [-0.1, -0.05) is 42.8 Å². The third-order valence-electron chi connectivity index (χ3n) is 4.90. The topological polar surface area (TPSA) is 69.6 Å². The van der Waals surface area contributed by atoms with Crippen LogP contribution in [0.25, 0.3) is 10.8 Å². The molecule has 1 saturated heterocycles. The highest BCUT2D eigenvalue weighted by molar-refractivity contribution is 5.84. The summed E-state index contributed by atoms with van der Waals surface area (Å²) < 4.78 is 0. The second kappa shape index (κ2) is 7.66. The minimum atomic E-state index is -0.838. The molecule has 0 bridgehead atoms. The van der Waals surface area contributed by atoms with Crippen LogP contribution in [0.4, 0.5) is 0 Å². The van der Waals surface area contributed by atoms with Crippen LogP contribution in [0.1, 0.15) is 37.8 Å². The van der Waals surface area contributed by atoms with Crippen molar-refractivity contribution in [3.05, 3.63) is 48.0 Å². The van der Waals surface area contributed by atoms with E-state index in [1.54, 1.807) is 4.90 Å². The molecule has 0 spiro atoms. The van der Waals surface area contributed by atoms with E-state index >= 15 is 0 Å². The summed E-state index contributed by atoms with van der Waals surface area (Å²) in [7, 11) is 0. The molecular weight excluding hydrogens is 316 g/mol. The number of carboxylic acid groups (broad SMARTS) is 1. The van der Waals surface area contributed by atoms with Gasteiger partial charge in [-0.2, -0.15) is 0 Å². The van der Waals surface area contributed by atoms with E-state index in [1.807, 2.05) is 25.1 Å². The number of hydrogen-bond donors (Lipinski definition) is 2. The lowest BCUT2D eigenvalue weighted by molar-refractivity contribution is -0.145. The molecule has 132 valence electrons. The van der Waals surface area contributed by atoms with E-state index in [-0.39, 0.29) is 18.5 Å². The van der Waals surface area contributed by atoms with E-state index in [2.05, 4.69) is 29.6 Å². The molecule has 0 aliphatic carbocycles. The largest absolute Gasteiger partial charge is 0.480 e. The third kappa shape index (κ3) is 4.17. The Morgan fingerprint density at radius 1 is 1.20 bits per heavy atom. The van der Waals surface area contributed by atoms with Gasteiger partial charge in [-0.05, 0) is 48.7 Å². The van der Waals surface area contributed by atoms with Crippen LogP contribution in [0.5, 0.6) is 0 Å². The molecule has 2 atom stereocenters. The molecule has 5 nitrogen and oxygen atoms in total. The zero-order valence-corrected chi connectivity index (χ0v) is 14.4. The van der Waals surface area contributed by atoms with Crippen molar-refractivity contribution < 1.29 is 14.7 Å². The maximum absolute atomic E-state index is 12.4. The highest BCUT2D eigenvalue weighted by atomic mass is 16.4. The quantitative estimate of drug-likeness (QED) is 0.878. The Labute approximate surface area is 147 Å². The Morgan fingerprint density at radius 3 is 2.72 bits per heavy atom. The lowest BCUT2D eigenvalue weighted by Crippen LogP contribution is -2.49. The van der Waals surface area contributed by atoms with Crippen molar-refractivity contribution in [1.29, 1.82) is 0 Å². The van der Waals surface area contributed by atoms with E-state index in [0.29, 0.717) is 13.0 Å². The van der Waals surface area contributed by atoms with Crippen molar-refractivity contribution in [1.82, 2.24) is 10.2 Å². The number of piperidine rings is 1. The fourth-order valence-electron chi connectivity index (χ4n) is 3.49. The molecular formula is C20H24N2O3. The molecule has 1 aliphatic heterocycles. The Kier molecular flexibility index (Phi) is 5.34. The summed E-state index contributed by atoms with van der Waals surface area (Å²) in [5.74, 6) is -0.969. The van der Waals surface area contributed by atoms with Gasteiger partial charge in [0, 0.05) is 0 Å². The number of carbonyl (C=O) groups is 2. The number of hydrogen-bond acceptors (Lipinski definition) is 3. The summed E-state index contributed by atoms with van der Waals surface area (Å²) in [6, 6.07) is 13.6. The van der Waals surface area contributed by atoms with Gasteiger partial charge < -0.3 is 10.4 Å². The number of aliphatic carboxylic acids is 1. The molecule has 25 heavy (non-hydrogen) atoms. The number of fused-ring (bicyclic) bond motifs is 1. The Balaban J connectivity index is 1.64. The highest BCUT2D eigenvalue weighted by Gasteiger charge is 2.29. The van der Waals surface area contributed by atoms with Crippen LogP contribution in [0.3, 0.4) is 0 Å². The van der Waals surface area contributed by atoms with Crippen LogP contribution in [0, 0.1) is 0 Å². The molecule has 5 heteroatoms. The summed E-state index contributed by atoms with van der Waals surface area (Å²) in [5, 5.41) is 14.6. The fraction of sp³-hybridized carbons (Fsp3) is 0.400. The zero-order valence-electron chi connectivity index (χ0n) is 14.4. The molecule has 1 aliphatic rings. The monoisotopic (exact) mass is 340 g/mol. The standard InChI is InChI=1S/C20H24N2O3/c1-14(16-10-9-15-6-2-3-7-17(15)12-16)21-19(23)13-22-11-5-4-8-18(22)20(24)25/h2-3,6-7,9-10,12,14,18H,4-5,8,11,13H2,1H3,(H,21,23)(H,24,25). The van der Waals surface area contributed by atoms with E-state index in [4.69, 9.17) is 0 Å². The van der Waals surface area contributed by atoms with Gasteiger partial charge in [-0.3, -0.25) is 14.5 Å². The van der Waals surface area contributed by atoms with Crippen LogP contribution in [0.2, 0.25) is 0 Å².